The highest BCUT2D eigenvalue weighted by molar-refractivity contribution is 9.10. The fourth-order valence-electron chi connectivity index (χ4n) is 3.73. The number of allylic oxidation sites excluding steroid dienone is 1. The number of methoxy groups -OCH3 is 2. The Hall–Kier alpha value is -3.60. The number of halogens is 1. The monoisotopic (exact) mass is 514 g/mol. The molecule has 2 N–H and O–H groups in total. The molecule has 1 atom stereocenters. The van der Waals surface area contributed by atoms with Gasteiger partial charge in [0.05, 0.1) is 36.6 Å². The number of hydrogen-bond donors (Lipinski definition) is 2. The van der Waals surface area contributed by atoms with Gasteiger partial charge in [0, 0.05) is 5.70 Å². The summed E-state index contributed by atoms with van der Waals surface area (Å²) in [5, 5.41) is 18.0. The lowest BCUT2D eigenvalue weighted by Gasteiger charge is -2.28. The van der Waals surface area contributed by atoms with E-state index in [1.54, 1.807) is 31.0 Å². The highest BCUT2D eigenvalue weighted by Gasteiger charge is 2.35. The lowest BCUT2D eigenvalue weighted by atomic mass is 9.94. The molecule has 0 bridgehead atoms. The van der Waals surface area contributed by atoms with E-state index in [9.17, 15) is 4.79 Å². The van der Waals surface area contributed by atoms with E-state index in [4.69, 9.17) is 14.2 Å². The average molecular weight is 515 g/mol. The highest BCUT2D eigenvalue weighted by atomic mass is 79.9. The molecule has 0 radical (unpaired) electrons. The Morgan fingerprint density at radius 1 is 1.21 bits per heavy atom. The first-order valence-corrected chi connectivity index (χ1v) is 11.0. The number of para-hydroxylation sites is 2. The molecule has 1 amide bonds. The number of carbonyl (C=O) groups is 1. The van der Waals surface area contributed by atoms with Crippen LogP contribution < -0.4 is 24.8 Å². The van der Waals surface area contributed by atoms with Crippen LogP contribution in [0.25, 0.3) is 0 Å². The summed E-state index contributed by atoms with van der Waals surface area (Å²) in [6.07, 6.45) is 0. The molecule has 0 spiro atoms. The van der Waals surface area contributed by atoms with E-state index >= 15 is 0 Å². The molecule has 3 aromatic rings. The summed E-state index contributed by atoms with van der Waals surface area (Å²) >= 11 is 3.57. The number of amides is 1. The van der Waals surface area contributed by atoms with Crippen LogP contribution in [0.5, 0.6) is 17.2 Å². The van der Waals surface area contributed by atoms with Crippen LogP contribution in [0.1, 0.15) is 25.5 Å². The first-order chi connectivity index (χ1) is 16.0. The van der Waals surface area contributed by atoms with Gasteiger partial charge >= 0.3 is 0 Å². The molecule has 0 fully saturated rings. The van der Waals surface area contributed by atoms with Crippen molar-refractivity contribution in [2.24, 2.45) is 0 Å². The molecule has 2 aromatic carbocycles. The van der Waals surface area contributed by atoms with Crippen LogP contribution in [0.4, 0.5) is 11.6 Å². The fraction of sp³-hybridized carbons (Fsp3) is 0.273. The second kappa shape index (κ2) is 9.49. The zero-order chi connectivity index (χ0) is 23.5. The first kappa shape index (κ1) is 22.6. The second-order valence-corrected chi connectivity index (χ2v) is 7.99. The number of tetrazole rings is 1. The van der Waals surface area contributed by atoms with E-state index in [-0.39, 0.29) is 5.91 Å². The summed E-state index contributed by atoms with van der Waals surface area (Å²) in [4.78, 5) is 13.6. The second-order valence-electron chi connectivity index (χ2n) is 7.13. The van der Waals surface area contributed by atoms with Gasteiger partial charge in [0.1, 0.15) is 11.8 Å². The van der Waals surface area contributed by atoms with Gasteiger partial charge in [0.2, 0.25) is 5.95 Å². The van der Waals surface area contributed by atoms with Gasteiger partial charge in [-0.1, -0.05) is 17.2 Å². The molecular formula is C22H23BrN6O4. The van der Waals surface area contributed by atoms with Gasteiger partial charge in [-0.15, -0.1) is 0 Å². The maximum Gasteiger partial charge on any atom is 0.255 e. The van der Waals surface area contributed by atoms with Crippen molar-refractivity contribution < 1.29 is 19.0 Å². The number of fused-ring (bicyclic) bond motifs is 1. The summed E-state index contributed by atoms with van der Waals surface area (Å²) < 4.78 is 18.9. The molecule has 0 saturated heterocycles. The Morgan fingerprint density at radius 2 is 1.97 bits per heavy atom. The summed E-state index contributed by atoms with van der Waals surface area (Å²) in [6.45, 7) is 4.18. The minimum Gasteiger partial charge on any atom is -0.495 e. The Kier molecular flexibility index (Phi) is 6.50. The van der Waals surface area contributed by atoms with Gasteiger partial charge in [-0.2, -0.15) is 4.68 Å². The summed E-state index contributed by atoms with van der Waals surface area (Å²) in [7, 11) is 3.12. The molecular weight excluding hydrogens is 492 g/mol. The standard InChI is InChI=1S/C22H23BrN6O4/c1-5-33-20-14(23)10-13(11-17(20)32-4)19-18(12(2)24-22-26-27-28-29(19)22)21(30)25-15-8-6-7-9-16(15)31-3/h6-11,19H,5H2,1-4H3,(H,25,30)(H,24,26,28)/t19-/m1/s1. The van der Waals surface area contributed by atoms with Crippen LogP contribution in [0.3, 0.4) is 0 Å². The number of hydrogen-bond acceptors (Lipinski definition) is 8. The smallest absolute Gasteiger partial charge is 0.255 e. The Bertz CT molecular complexity index is 1230. The maximum atomic E-state index is 13.6. The summed E-state index contributed by atoms with van der Waals surface area (Å²) in [5.74, 6) is 1.76. The van der Waals surface area contributed by atoms with Gasteiger partial charge in [0.25, 0.3) is 5.91 Å². The fourth-order valence-corrected chi connectivity index (χ4v) is 4.31. The minimum atomic E-state index is -0.619. The third-order valence-corrected chi connectivity index (χ3v) is 5.76. The Morgan fingerprint density at radius 3 is 2.70 bits per heavy atom. The normalized spacial score (nSPS) is 14.9. The summed E-state index contributed by atoms with van der Waals surface area (Å²) in [5.41, 5.74) is 2.36. The van der Waals surface area contributed by atoms with Crippen molar-refractivity contribution in [3.63, 3.8) is 0 Å². The third kappa shape index (κ3) is 4.23. The van der Waals surface area contributed by atoms with Crippen LogP contribution in [-0.2, 0) is 4.79 Å². The van der Waals surface area contributed by atoms with Gasteiger partial charge < -0.3 is 24.8 Å². The molecule has 1 aliphatic heterocycles. The molecule has 4 rings (SSSR count). The van der Waals surface area contributed by atoms with Crippen molar-refractivity contribution in [3.05, 3.63) is 57.7 Å². The van der Waals surface area contributed by atoms with Crippen LogP contribution in [0.15, 0.2) is 52.1 Å². The average Bonchev–Trinajstić information content (AvgIpc) is 3.27. The van der Waals surface area contributed by atoms with E-state index in [1.807, 2.05) is 38.1 Å². The molecule has 1 aromatic heterocycles. The number of carbonyl (C=O) groups excluding carboxylic acids is 1. The zero-order valence-corrected chi connectivity index (χ0v) is 20.1. The Labute approximate surface area is 199 Å². The van der Waals surface area contributed by atoms with E-state index in [1.165, 1.54) is 0 Å². The quantitative estimate of drug-likeness (QED) is 0.489. The molecule has 0 unspecified atom stereocenters. The van der Waals surface area contributed by atoms with Gasteiger partial charge in [0.15, 0.2) is 11.5 Å². The Balaban J connectivity index is 1.81. The van der Waals surface area contributed by atoms with Crippen molar-refractivity contribution in [2.45, 2.75) is 19.9 Å². The van der Waals surface area contributed by atoms with Crippen molar-refractivity contribution >= 4 is 33.5 Å². The van der Waals surface area contributed by atoms with Gasteiger partial charge in [-0.3, -0.25) is 4.79 Å². The topological polar surface area (TPSA) is 112 Å². The van der Waals surface area contributed by atoms with Crippen LogP contribution in [0, 0.1) is 0 Å². The molecule has 11 heteroatoms. The number of nitrogens with one attached hydrogen (secondary N) is 2. The molecule has 0 aliphatic carbocycles. The largest absolute Gasteiger partial charge is 0.495 e. The van der Waals surface area contributed by atoms with Crippen molar-refractivity contribution in [3.8, 4) is 17.2 Å². The van der Waals surface area contributed by atoms with Crippen LogP contribution >= 0.6 is 15.9 Å². The third-order valence-electron chi connectivity index (χ3n) is 5.17. The molecule has 0 saturated carbocycles. The van der Waals surface area contributed by atoms with Crippen LogP contribution in [0.2, 0.25) is 0 Å². The van der Waals surface area contributed by atoms with Gasteiger partial charge in [-0.25, -0.2) is 0 Å². The van der Waals surface area contributed by atoms with Crippen molar-refractivity contribution in [2.75, 3.05) is 31.5 Å². The molecule has 172 valence electrons. The van der Waals surface area contributed by atoms with Crippen molar-refractivity contribution in [1.29, 1.82) is 0 Å². The number of ether oxygens (including phenoxy) is 3. The van der Waals surface area contributed by atoms with E-state index in [0.29, 0.717) is 51.2 Å². The lowest BCUT2D eigenvalue weighted by molar-refractivity contribution is -0.113. The maximum absolute atomic E-state index is 13.6. The zero-order valence-electron chi connectivity index (χ0n) is 18.5. The number of aromatic nitrogens is 4. The highest BCUT2D eigenvalue weighted by Crippen LogP contribution is 2.42. The molecule has 2 heterocycles. The minimum absolute atomic E-state index is 0.320. The summed E-state index contributed by atoms with van der Waals surface area (Å²) in [6, 6.07) is 10.3. The van der Waals surface area contributed by atoms with Gasteiger partial charge in [-0.05, 0) is 70.0 Å². The van der Waals surface area contributed by atoms with Crippen molar-refractivity contribution in [1.82, 2.24) is 20.2 Å². The number of nitrogens with zero attached hydrogens (tertiary/aromatic N) is 4. The van der Waals surface area contributed by atoms with E-state index < -0.39 is 6.04 Å². The number of anilines is 2. The number of benzene rings is 2. The lowest BCUT2D eigenvalue weighted by Crippen LogP contribution is -2.31. The predicted octanol–water partition coefficient (Wildman–Crippen LogP) is 3.78. The first-order valence-electron chi connectivity index (χ1n) is 10.2. The predicted molar refractivity (Wildman–Crippen MR) is 126 cm³/mol. The number of rotatable bonds is 7. The van der Waals surface area contributed by atoms with Crippen LogP contribution in [-0.4, -0.2) is 46.9 Å². The van der Waals surface area contributed by atoms with E-state index in [2.05, 4.69) is 42.1 Å². The molecule has 1 aliphatic rings. The molecule has 10 nitrogen and oxygen atoms in total. The SMILES string of the molecule is CCOc1c(Br)cc([C@@H]2C(C(=O)Nc3ccccc3OC)=C(C)Nc3nnnn32)cc1OC. The van der Waals surface area contributed by atoms with E-state index in [0.717, 1.165) is 5.56 Å². The molecule has 33 heavy (non-hydrogen) atoms.